The van der Waals surface area contributed by atoms with Crippen LogP contribution in [0.25, 0.3) is 0 Å². The molecule has 0 spiro atoms. The SMILES string of the molecule is C[C@H]1C[C@@H](C(=O)N2CCc3c(Cl)cccc3C2)CCN1.Cl. The lowest BCUT2D eigenvalue weighted by molar-refractivity contribution is -0.137. The van der Waals surface area contributed by atoms with Crippen LogP contribution < -0.4 is 5.32 Å². The molecule has 2 heterocycles. The molecule has 1 aromatic rings. The molecule has 0 radical (unpaired) electrons. The number of benzene rings is 1. The van der Waals surface area contributed by atoms with Crippen molar-refractivity contribution in [2.24, 2.45) is 5.92 Å². The van der Waals surface area contributed by atoms with Crippen molar-refractivity contribution < 1.29 is 4.79 Å². The number of nitrogens with zero attached hydrogens (tertiary/aromatic N) is 1. The average molecular weight is 329 g/mol. The number of piperidine rings is 1. The van der Waals surface area contributed by atoms with E-state index in [2.05, 4.69) is 18.3 Å². The van der Waals surface area contributed by atoms with Gasteiger partial charge >= 0.3 is 0 Å². The number of carbonyl (C=O) groups excluding carboxylic acids is 1. The van der Waals surface area contributed by atoms with E-state index in [1.807, 2.05) is 17.0 Å². The highest BCUT2D eigenvalue weighted by Gasteiger charge is 2.30. The molecule has 1 amide bonds. The van der Waals surface area contributed by atoms with Crippen LogP contribution in [-0.4, -0.2) is 29.9 Å². The minimum Gasteiger partial charge on any atom is -0.338 e. The molecule has 0 saturated carbocycles. The maximum atomic E-state index is 12.7. The van der Waals surface area contributed by atoms with Gasteiger partial charge in [-0.05, 0) is 49.9 Å². The van der Waals surface area contributed by atoms with E-state index in [0.717, 1.165) is 37.4 Å². The number of carbonyl (C=O) groups is 1. The molecule has 2 aliphatic heterocycles. The van der Waals surface area contributed by atoms with Crippen molar-refractivity contribution in [3.8, 4) is 0 Å². The Bertz CT molecular complexity index is 521. The first-order valence-electron chi connectivity index (χ1n) is 7.43. The quantitative estimate of drug-likeness (QED) is 0.859. The van der Waals surface area contributed by atoms with Crippen LogP contribution in [0.3, 0.4) is 0 Å². The topological polar surface area (TPSA) is 32.3 Å². The minimum atomic E-state index is 0. The molecular weight excluding hydrogens is 307 g/mol. The summed E-state index contributed by atoms with van der Waals surface area (Å²) < 4.78 is 0. The molecule has 3 rings (SSSR count). The Labute approximate surface area is 137 Å². The third-order valence-corrected chi connectivity index (χ3v) is 4.85. The van der Waals surface area contributed by atoms with E-state index in [9.17, 15) is 4.79 Å². The van der Waals surface area contributed by atoms with Gasteiger partial charge in [0.1, 0.15) is 0 Å². The lowest BCUT2D eigenvalue weighted by atomic mass is 9.90. The van der Waals surface area contributed by atoms with Crippen LogP contribution in [0.5, 0.6) is 0 Å². The molecule has 0 aromatic heterocycles. The maximum Gasteiger partial charge on any atom is 0.226 e. The number of halogens is 2. The van der Waals surface area contributed by atoms with Gasteiger partial charge in [-0.2, -0.15) is 0 Å². The van der Waals surface area contributed by atoms with Gasteiger partial charge in [-0.15, -0.1) is 12.4 Å². The van der Waals surface area contributed by atoms with Gasteiger partial charge in [0.05, 0.1) is 0 Å². The van der Waals surface area contributed by atoms with Crippen LogP contribution >= 0.6 is 24.0 Å². The molecule has 2 aliphatic rings. The molecule has 2 atom stereocenters. The molecule has 21 heavy (non-hydrogen) atoms. The number of nitrogens with one attached hydrogen (secondary N) is 1. The Kier molecular flexibility index (Phi) is 5.53. The van der Waals surface area contributed by atoms with Gasteiger partial charge in [-0.1, -0.05) is 23.7 Å². The summed E-state index contributed by atoms with van der Waals surface area (Å²) in [4.78, 5) is 14.7. The fourth-order valence-corrected chi connectivity index (χ4v) is 3.65. The Morgan fingerprint density at radius 3 is 3.00 bits per heavy atom. The molecule has 1 saturated heterocycles. The second-order valence-electron chi connectivity index (χ2n) is 5.96. The van der Waals surface area contributed by atoms with Gasteiger partial charge in [0.15, 0.2) is 0 Å². The lowest BCUT2D eigenvalue weighted by Crippen LogP contribution is -2.45. The first kappa shape index (κ1) is 16.6. The van der Waals surface area contributed by atoms with E-state index in [0.29, 0.717) is 18.5 Å². The Morgan fingerprint density at radius 2 is 2.24 bits per heavy atom. The second kappa shape index (κ2) is 6.99. The molecule has 1 N–H and O–H groups in total. The van der Waals surface area contributed by atoms with Crippen LogP contribution in [0.4, 0.5) is 0 Å². The molecule has 5 heteroatoms. The monoisotopic (exact) mass is 328 g/mol. The summed E-state index contributed by atoms with van der Waals surface area (Å²) >= 11 is 6.23. The van der Waals surface area contributed by atoms with Gasteiger partial charge in [0.25, 0.3) is 0 Å². The fraction of sp³-hybridized carbons (Fsp3) is 0.562. The van der Waals surface area contributed by atoms with Gasteiger partial charge < -0.3 is 10.2 Å². The third-order valence-electron chi connectivity index (χ3n) is 4.49. The van der Waals surface area contributed by atoms with Crippen LogP contribution in [0, 0.1) is 5.92 Å². The van der Waals surface area contributed by atoms with Gasteiger partial charge in [0, 0.05) is 30.1 Å². The van der Waals surface area contributed by atoms with Crippen molar-refractivity contribution in [2.45, 2.75) is 38.8 Å². The van der Waals surface area contributed by atoms with Crippen molar-refractivity contribution in [2.75, 3.05) is 13.1 Å². The average Bonchev–Trinajstić information content (AvgIpc) is 2.46. The molecular formula is C16H22Cl2N2O. The van der Waals surface area contributed by atoms with Crippen molar-refractivity contribution in [1.29, 1.82) is 0 Å². The van der Waals surface area contributed by atoms with Crippen LogP contribution in [0.15, 0.2) is 18.2 Å². The predicted octanol–water partition coefficient (Wildman–Crippen LogP) is 3.03. The van der Waals surface area contributed by atoms with E-state index in [1.54, 1.807) is 0 Å². The summed E-state index contributed by atoms with van der Waals surface area (Å²) in [6, 6.07) is 6.45. The smallest absolute Gasteiger partial charge is 0.226 e. The number of fused-ring (bicyclic) bond motifs is 1. The first-order valence-corrected chi connectivity index (χ1v) is 7.81. The molecule has 0 aliphatic carbocycles. The maximum absolute atomic E-state index is 12.7. The molecule has 3 nitrogen and oxygen atoms in total. The highest BCUT2D eigenvalue weighted by atomic mass is 35.5. The Morgan fingerprint density at radius 1 is 1.43 bits per heavy atom. The van der Waals surface area contributed by atoms with E-state index in [1.165, 1.54) is 11.1 Å². The second-order valence-corrected chi connectivity index (χ2v) is 6.37. The molecule has 116 valence electrons. The van der Waals surface area contributed by atoms with Gasteiger partial charge in [-0.25, -0.2) is 0 Å². The van der Waals surface area contributed by atoms with Crippen LogP contribution in [-0.2, 0) is 17.8 Å². The molecule has 0 bridgehead atoms. The largest absolute Gasteiger partial charge is 0.338 e. The number of amides is 1. The lowest BCUT2D eigenvalue weighted by Gasteiger charge is -2.35. The third kappa shape index (κ3) is 3.53. The zero-order chi connectivity index (χ0) is 14.1. The van der Waals surface area contributed by atoms with E-state index < -0.39 is 0 Å². The van der Waals surface area contributed by atoms with Crippen molar-refractivity contribution in [1.82, 2.24) is 10.2 Å². The van der Waals surface area contributed by atoms with Crippen molar-refractivity contribution in [3.63, 3.8) is 0 Å². The number of hydrogen-bond donors (Lipinski definition) is 1. The Balaban J connectivity index is 0.00000161. The minimum absolute atomic E-state index is 0. The van der Waals surface area contributed by atoms with Crippen molar-refractivity contribution in [3.05, 3.63) is 34.3 Å². The summed E-state index contributed by atoms with van der Waals surface area (Å²) in [7, 11) is 0. The summed E-state index contributed by atoms with van der Waals surface area (Å²) in [6.07, 6.45) is 2.79. The van der Waals surface area contributed by atoms with E-state index in [4.69, 9.17) is 11.6 Å². The summed E-state index contributed by atoms with van der Waals surface area (Å²) in [5.41, 5.74) is 2.43. The van der Waals surface area contributed by atoms with Crippen LogP contribution in [0.1, 0.15) is 30.9 Å². The van der Waals surface area contributed by atoms with Gasteiger partial charge in [-0.3, -0.25) is 4.79 Å². The first-order chi connectivity index (χ1) is 9.65. The molecule has 1 fully saturated rings. The van der Waals surface area contributed by atoms with E-state index >= 15 is 0 Å². The summed E-state index contributed by atoms with van der Waals surface area (Å²) in [5.74, 6) is 0.510. The Hall–Kier alpha value is -0.770. The predicted molar refractivity (Wildman–Crippen MR) is 88.0 cm³/mol. The molecule has 0 unspecified atom stereocenters. The highest BCUT2D eigenvalue weighted by Crippen LogP contribution is 2.28. The number of hydrogen-bond acceptors (Lipinski definition) is 2. The summed E-state index contributed by atoms with van der Waals surface area (Å²) in [6.45, 7) is 4.62. The standard InChI is InChI=1S/C16H21ClN2O.ClH/c1-11-9-12(5-7-18-11)16(20)19-8-6-14-13(10-19)3-2-4-15(14)17;/h2-4,11-12,18H,5-10H2,1H3;1H/t11-,12-;/m0./s1. The molecule has 1 aromatic carbocycles. The highest BCUT2D eigenvalue weighted by molar-refractivity contribution is 6.31. The zero-order valence-corrected chi connectivity index (χ0v) is 13.8. The zero-order valence-electron chi connectivity index (χ0n) is 12.3. The van der Waals surface area contributed by atoms with E-state index in [-0.39, 0.29) is 18.3 Å². The van der Waals surface area contributed by atoms with Gasteiger partial charge in [0.2, 0.25) is 5.91 Å². The summed E-state index contributed by atoms with van der Waals surface area (Å²) in [5, 5.41) is 4.24. The number of rotatable bonds is 1. The fourth-order valence-electron chi connectivity index (χ4n) is 3.37. The van der Waals surface area contributed by atoms with Crippen LogP contribution in [0.2, 0.25) is 5.02 Å². The normalized spacial score (nSPS) is 25.0. The van der Waals surface area contributed by atoms with Crippen molar-refractivity contribution >= 4 is 29.9 Å².